The summed E-state index contributed by atoms with van der Waals surface area (Å²) in [5.74, 6) is 0. The smallest absolute Gasteiger partial charge is 0.120 e. The van der Waals surface area contributed by atoms with E-state index in [0.29, 0.717) is 0 Å². The van der Waals surface area contributed by atoms with E-state index in [2.05, 4.69) is 14.0 Å². The van der Waals surface area contributed by atoms with Crippen LogP contribution in [0.1, 0.15) is 38.5 Å². The van der Waals surface area contributed by atoms with Crippen molar-refractivity contribution in [1.82, 2.24) is 14.0 Å². The summed E-state index contributed by atoms with van der Waals surface area (Å²) in [6, 6.07) is 0. The molecule has 0 atom stereocenters. The Bertz CT molecular complexity index is 186. The number of nitrogens with zero attached hydrogens (tertiary/aromatic N) is 3. The first-order valence-electron chi connectivity index (χ1n) is 7.00. The highest BCUT2D eigenvalue weighted by Gasteiger charge is 2.35. The average molecular weight is 259 g/mol. The fourth-order valence-corrected chi connectivity index (χ4v) is 6.17. The lowest BCUT2D eigenvalue weighted by atomic mass is 10.4. The summed E-state index contributed by atoms with van der Waals surface area (Å²) in [6.45, 7) is 8.16. The van der Waals surface area contributed by atoms with Gasteiger partial charge in [0.05, 0.1) is 0 Å². The van der Waals surface area contributed by atoms with Gasteiger partial charge in [0.1, 0.15) is 8.37 Å². The van der Waals surface area contributed by atoms with E-state index in [4.69, 9.17) is 0 Å². The second kappa shape index (κ2) is 6.44. The van der Waals surface area contributed by atoms with E-state index in [0.717, 1.165) is 0 Å². The topological polar surface area (TPSA) is 41.2 Å². The van der Waals surface area contributed by atoms with Crippen LogP contribution in [-0.4, -0.2) is 58.8 Å². The van der Waals surface area contributed by atoms with Gasteiger partial charge in [0.25, 0.3) is 0 Å². The van der Waals surface area contributed by atoms with E-state index in [1.165, 1.54) is 77.8 Å². The van der Waals surface area contributed by atoms with Crippen molar-refractivity contribution in [3.8, 4) is 0 Å². The molecule has 0 aromatic rings. The Kier molecular flexibility index (Phi) is 5.19. The number of hydrogen-bond donors (Lipinski definition) is 0. The largest absolute Gasteiger partial charge is 0.412 e. The number of rotatable bonds is 3. The molecule has 3 rings (SSSR count). The van der Waals surface area contributed by atoms with Crippen LogP contribution in [0.4, 0.5) is 0 Å². The molecule has 0 bridgehead atoms. The van der Waals surface area contributed by atoms with E-state index in [1.54, 1.807) is 0 Å². The zero-order chi connectivity index (χ0) is 10.8. The summed E-state index contributed by atoms with van der Waals surface area (Å²) in [6.07, 6.45) is 8.59. The normalized spacial score (nSPS) is 28.1. The summed E-state index contributed by atoms with van der Waals surface area (Å²) in [4.78, 5) is 0. The number of hydrogen-bond acceptors (Lipinski definition) is 3. The fraction of sp³-hybridized carbons (Fsp3) is 1.00. The lowest BCUT2D eigenvalue weighted by Gasteiger charge is -2.40. The van der Waals surface area contributed by atoms with Gasteiger partial charge in [-0.3, -0.25) is 14.0 Å². The van der Waals surface area contributed by atoms with Gasteiger partial charge in [-0.15, -0.1) is 0 Å². The molecule has 3 aliphatic rings. The lowest BCUT2D eigenvalue weighted by Crippen LogP contribution is -2.34. The van der Waals surface area contributed by atoms with Crippen molar-refractivity contribution in [1.29, 1.82) is 0 Å². The first-order valence-corrected chi connectivity index (χ1v) is 8.20. The molecule has 0 aliphatic carbocycles. The van der Waals surface area contributed by atoms with E-state index in [9.17, 15) is 0 Å². The molecule has 5 heteroatoms. The molecular formula is C12H26N3OP. The molecule has 0 aromatic heterocycles. The molecule has 0 amide bonds. The van der Waals surface area contributed by atoms with Gasteiger partial charge in [-0.05, 0) is 38.5 Å². The van der Waals surface area contributed by atoms with Gasteiger partial charge in [-0.25, -0.2) is 0 Å². The van der Waals surface area contributed by atoms with E-state index < -0.39 is 0 Å². The summed E-state index contributed by atoms with van der Waals surface area (Å²) in [7, 11) is -0.0640. The van der Waals surface area contributed by atoms with E-state index in [-0.39, 0.29) is 13.8 Å². The van der Waals surface area contributed by atoms with Gasteiger partial charge in [-0.1, -0.05) is 0 Å². The first kappa shape index (κ1) is 13.7. The molecule has 4 nitrogen and oxygen atoms in total. The van der Waals surface area contributed by atoms with Crippen LogP contribution < -0.4 is 0 Å². The molecule has 100 valence electrons. The first-order chi connectivity index (χ1) is 7.95. The van der Waals surface area contributed by atoms with Gasteiger partial charge in [0.2, 0.25) is 0 Å². The zero-order valence-corrected chi connectivity index (χ0v) is 11.7. The molecule has 0 spiro atoms. The van der Waals surface area contributed by atoms with Crippen molar-refractivity contribution < 1.29 is 5.48 Å². The molecule has 0 radical (unpaired) electrons. The third-order valence-corrected chi connectivity index (χ3v) is 6.72. The Hall–Kier alpha value is 0.270. The Morgan fingerprint density at radius 2 is 0.706 bits per heavy atom. The van der Waals surface area contributed by atoms with Gasteiger partial charge >= 0.3 is 0 Å². The van der Waals surface area contributed by atoms with Crippen molar-refractivity contribution in [2.75, 3.05) is 39.3 Å². The Morgan fingerprint density at radius 1 is 0.471 bits per heavy atom. The third-order valence-electron chi connectivity index (χ3n) is 4.01. The van der Waals surface area contributed by atoms with Crippen LogP contribution >= 0.6 is 8.37 Å². The molecule has 3 saturated heterocycles. The van der Waals surface area contributed by atoms with Crippen molar-refractivity contribution in [2.24, 2.45) is 0 Å². The zero-order valence-electron chi connectivity index (χ0n) is 10.8. The van der Waals surface area contributed by atoms with Gasteiger partial charge in [0, 0.05) is 39.3 Å². The average Bonchev–Trinajstić information content (AvgIpc) is 3.02. The quantitative estimate of drug-likeness (QED) is 0.724. The summed E-state index contributed by atoms with van der Waals surface area (Å²) in [5.41, 5.74) is 0. The van der Waals surface area contributed by atoms with Crippen LogP contribution in [0.2, 0.25) is 0 Å². The van der Waals surface area contributed by atoms with Gasteiger partial charge in [0.15, 0.2) is 0 Å². The van der Waals surface area contributed by atoms with Crippen LogP contribution in [0.15, 0.2) is 0 Å². The maximum Gasteiger partial charge on any atom is 0.120 e. The summed E-state index contributed by atoms with van der Waals surface area (Å²) >= 11 is 0. The molecule has 17 heavy (non-hydrogen) atoms. The lowest BCUT2D eigenvalue weighted by molar-refractivity contribution is 0.397. The molecule has 0 unspecified atom stereocenters. The van der Waals surface area contributed by atoms with Crippen LogP contribution in [0, 0.1) is 0 Å². The summed E-state index contributed by atoms with van der Waals surface area (Å²) < 4.78 is 8.39. The van der Waals surface area contributed by atoms with Crippen LogP contribution in [0.25, 0.3) is 0 Å². The predicted octanol–water partition coefficient (Wildman–Crippen LogP) is 1.68. The molecule has 0 aromatic carbocycles. The molecule has 0 saturated carbocycles. The van der Waals surface area contributed by atoms with Crippen molar-refractivity contribution in [3.63, 3.8) is 0 Å². The maximum absolute atomic E-state index is 2.80. The molecular weight excluding hydrogens is 233 g/mol. The molecule has 2 N–H and O–H groups in total. The standard InChI is InChI=1S/C12H24N3P.H2O/c1-2-8-13(7-1)16(14-9-3-4-10-14)15-11-5-6-12-15;/h1-12H2;1H2. The van der Waals surface area contributed by atoms with Crippen molar-refractivity contribution in [2.45, 2.75) is 38.5 Å². The second-order valence-electron chi connectivity index (χ2n) is 5.25. The minimum Gasteiger partial charge on any atom is -0.412 e. The third kappa shape index (κ3) is 2.99. The maximum atomic E-state index is 2.80. The van der Waals surface area contributed by atoms with Crippen LogP contribution in [-0.2, 0) is 0 Å². The highest BCUT2D eigenvalue weighted by atomic mass is 31.2. The van der Waals surface area contributed by atoms with Crippen molar-refractivity contribution in [3.05, 3.63) is 0 Å². The minimum atomic E-state index is -0.0640. The van der Waals surface area contributed by atoms with Crippen LogP contribution in [0.5, 0.6) is 0 Å². The summed E-state index contributed by atoms with van der Waals surface area (Å²) in [5, 5.41) is 0. The minimum absolute atomic E-state index is 0. The van der Waals surface area contributed by atoms with Gasteiger partial charge in [-0.2, -0.15) is 0 Å². The highest BCUT2D eigenvalue weighted by Crippen LogP contribution is 2.52. The second-order valence-corrected chi connectivity index (χ2v) is 7.48. The Labute approximate surface area is 106 Å². The van der Waals surface area contributed by atoms with E-state index in [1.807, 2.05) is 0 Å². The van der Waals surface area contributed by atoms with Crippen LogP contribution in [0.3, 0.4) is 0 Å². The fourth-order valence-electron chi connectivity index (χ4n) is 3.17. The van der Waals surface area contributed by atoms with E-state index >= 15 is 0 Å². The highest BCUT2D eigenvalue weighted by molar-refractivity contribution is 7.50. The molecule has 3 fully saturated rings. The monoisotopic (exact) mass is 259 g/mol. The SMILES string of the molecule is C1CCN(P(N2CCCC2)N2CCCC2)C1.O. The van der Waals surface area contributed by atoms with Crippen molar-refractivity contribution >= 4 is 8.37 Å². The molecule has 3 aliphatic heterocycles. The predicted molar refractivity (Wildman–Crippen MR) is 73.0 cm³/mol. The van der Waals surface area contributed by atoms with Gasteiger partial charge < -0.3 is 5.48 Å². The molecule has 3 heterocycles. The Morgan fingerprint density at radius 3 is 0.941 bits per heavy atom. The Balaban J connectivity index is 0.00000108.